The van der Waals surface area contributed by atoms with Crippen molar-refractivity contribution in [3.8, 4) is 0 Å². The minimum absolute atomic E-state index is 0.252. The van der Waals surface area contributed by atoms with Crippen LogP contribution in [0.3, 0.4) is 0 Å². The summed E-state index contributed by atoms with van der Waals surface area (Å²) in [6.07, 6.45) is -0.593. The third-order valence-corrected chi connectivity index (χ3v) is 0.531. The van der Waals surface area contributed by atoms with Gasteiger partial charge in [-0.25, -0.2) is 4.84 Å². The molecule has 5 heteroatoms. The van der Waals surface area contributed by atoms with Crippen LogP contribution in [0.5, 0.6) is 0 Å². The van der Waals surface area contributed by atoms with Gasteiger partial charge < -0.3 is 5.11 Å². The van der Waals surface area contributed by atoms with Gasteiger partial charge in [0.05, 0.1) is 12.0 Å². The number of hydrogen-bond acceptors (Lipinski definition) is 5. The first-order chi connectivity index (χ1) is 3.66. The Kier molecular flexibility index (Phi) is 3.67. The lowest BCUT2D eigenvalue weighted by Crippen LogP contribution is -2.24. The topological polar surface area (TPSA) is 73.2 Å². The number of aliphatic hydroxyl groups excluding tert-OH is 1. The van der Waals surface area contributed by atoms with E-state index in [-0.39, 0.29) is 6.61 Å². The van der Waals surface area contributed by atoms with Crippen LogP contribution in [-0.2, 0) is 4.84 Å². The van der Waals surface area contributed by atoms with Gasteiger partial charge in [-0.1, -0.05) is 0 Å². The Labute approximate surface area is 46.6 Å². The highest BCUT2D eigenvalue weighted by Crippen LogP contribution is 1.87. The zero-order valence-electron chi connectivity index (χ0n) is 4.48. The highest BCUT2D eigenvalue weighted by Gasteiger charge is 2.01. The van der Waals surface area contributed by atoms with Crippen LogP contribution in [0.1, 0.15) is 6.92 Å². The van der Waals surface area contributed by atoms with Gasteiger partial charge >= 0.3 is 0 Å². The highest BCUT2D eigenvalue weighted by atomic mass is 17.1. The van der Waals surface area contributed by atoms with E-state index in [4.69, 9.17) is 15.5 Å². The summed E-state index contributed by atoms with van der Waals surface area (Å²) in [6, 6.07) is 0. The van der Waals surface area contributed by atoms with Gasteiger partial charge in [0.1, 0.15) is 6.10 Å². The van der Waals surface area contributed by atoms with E-state index < -0.39 is 11.5 Å². The molecular formula is C3H9NO4. The second-order valence-corrected chi connectivity index (χ2v) is 1.35. The van der Waals surface area contributed by atoms with Crippen LogP contribution in [0, 0.1) is 0 Å². The SMILES string of the molecule is CC(CO)ON(O)O. The van der Waals surface area contributed by atoms with E-state index in [1.807, 2.05) is 0 Å². The number of rotatable bonds is 3. The van der Waals surface area contributed by atoms with E-state index in [2.05, 4.69) is 4.84 Å². The first-order valence-corrected chi connectivity index (χ1v) is 2.12. The van der Waals surface area contributed by atoms with Crippen LogP contribution in [0.25, 0.3) is 0 Å². The fraction of sp³-hybridized carbons (Fsp3) is 1.00. The lowest BCUT2D eigenvalue weighted by molar-refractivity contribution is -0.504. The van der Waals surface area contributed by atoms with E-state index in [1.165, 1.54) is 6.92 Å². The molecule has 0 rings (SSSR count). The molecular weight excluding hydrogens is 114 g/mol. The normalized spacial score (nSPS) is 14.6. The van der Waals surface area contributed by atoms with Crippen molar-refractivity contribution in [3.05, 3.63) is 0 Å². The maximum atomic E-state index is 8.21. The third-order valence-electron chi connectivity index (χ3n) is 0.531. The number of aliphatic hydroxyl groups is 1. The summed E-state index contributed by atoms with van der Waals surface area (Å²) in [6.45, 7) is 1.23. The van der Waals surface area contributed by atoms with Crippen LogP contribution in [0.15, 0.2) is 0 Å². The Balaban J connectivity index is 3.10. The van der Waals surface area contributed by atoms with Crippen LogP contribution >= 0.6 is 0 Å². The Morgan fingerprint density at radius 3 is 2.25 bits per heavy atom. The minimum atomic E-state index is -0.593. The van der Waals surface area contributed by atoms with Crippen molar-refractivity contribution >= 4 is 0 Å². The molecule has 0 aliphatic rings. The molecule has 0 aromatic carbocycles. The molecule has 0 radical (unpaired) electrons. The van der Waals surface area contributed by atoms with Crippen LogP contribution in [0.2, 0.25) is 0 Å². The molecule has 5 nitrogen and oxygen atoms in total. The molecule has 0 amide bonds. The smallest absolute Gasteiger partial charge is 0.105 e. The zero-order chi connectivity index (χ0) is 6.57. The van der Waals surface area contributed by atoms with Gasteiger partial charge in [-0.2, -0.15) is 0 Å². The van der Waals surface area contributed by atoms with Gasteiger partial charge in [0.15, 0.2) is 0 Å². The van der Waals surface area contributed by atoms with Crippen molar-refractivity contribution in [2.75, 3.05) is 6.61 Å². The molecule has 0 heterocycles. The quantitative estimate of drug-likeness (QED) is 0.436. The number of nitrogens with zero attached hydrogens (tertiary/aromatic N) is 1. The molecule has 0 aromatic rings. The van der Waals surface area contributed by atoms with E-state index in [1.54, 1.807) is 0 Å². The fourth-order valence-corrected chi connectivity index (χ4v) is 0.194. The molecule has 0 bridgehead atoms. The summed E-state index contributed by atoms with van der Waals surface area (Å²) in [7, 11) is 0. The van der Waals surface area contributed by atoms with E-state index in [9.17, 15) is 0 Å². The molecule has 1 atom stereocenters. The van der Waals surface area contributed by atoms with Crippen LogP contribution in [0.4, 0.5) is 0 Å². The van der Waals surface area contributed by atoms with Crippen molar-refractivity contribution in [2.24, 2.45) is 0 Å². The maximum Gasteiger partial charge on any atom is 0.105 e. The molecule has 8 heavy (non-hydrogen) atoms. The predicted molar refractivity (Wildman–Crippen MR) is 23.0 cm³/mol. The van der Waals surface area contributed by atoms with E-state index >= 15 is 0 Å². The molecule has 0 saturated heterocycles. The fourth-order valence-electron chi connectivity index (χ4n) is 0.194. The molecule has 0 aliphatic carbocycles. The molecule has 0 aromatic heterocycles. The summed E-state index contributed by atoms with van der Waals surface area (Å²) in [4.78, 5) is 4.09. The summed E-state index contributed by atoms with van der Waals surface area (Å²) in [5, 5.41) is 23.6. The van der Waals surface area contributed by atoms with E-state index in [0.29, 0.717) is 0 Å². The summed E-state index contributed by atoms with van der Waals surface area (Å²) in [5.74, 6) is 0. The second-order valence-electron chi connectivity index (χ2n) is 1.35. The van der Waals surface area contributed by atoms with Crippen LogP contribution in [-0.4, -0.2) is 33.6 Å². The molecule has 0 aliphatic heterocycles. The van der Waals surface area contributed by atoms with Gasteiger partial charge in [-0.05, 0) is 6.92 Å². The second kappa shape index (κ2) is 3.76. The number of hydrogen-bond donors (Lipinski definition) is 3. The van der Waals surface area contributed by atoms with Gasteiger partial charge in [-0.3, -0.25) is 10.4 Å². The lowest BCUT2D eigenvalue weighted by Gasteiger charge is -2.10. The Morgan fingerprint density at radius 2 is 2.12 bits per heavy atom. The molecule has 0 fully saturated rings. The minimum Gasteiger partial charge on any atom is -0.394 e. The Morgan fingerprint density at radius 1 is 1.62 bits per heavy atom. The van der Waals surface area contributed by atoms with Crippen molar-refractivity contribution in [1.82, 2.24) is 5.39 Å². The van der Waals surface area contributed by atoms with Crippen LogP contribution < -0.4 is 0 Å². The third kappa shape index (κ3) is 3.97. The summed E-state index contributed by atoms with van der Waals surface area (Å²) < 4.78 is 0. The maximum absolute atomic E-state index is 8.21. The average molecular weight is 123 g/mol. The van der Waals surface area contributed by atoms with Gasteiger partial charge in [0.25, 0.3) is 0 Å². The Bertz CT molecular complexity index is 57.2. The standard InChI is InChI=1S/C3H9NO4/c1-3(2-5)8-4(6)7/h3,5-7H,2H2,1H3. The predicted octanol–water partition coefficient (Wildman–Crippen LogP) is -0.621. The summed E-state index contributed by atoms with van der Waals surface area (Å²) in [5.41, 5.74) is 0. The van der Waals surface area contributed by atoms with Gasteiger partial charge in [-0.15, -0.1) is 0 Å². The van der Waals surface area contributed by atoms with Gasteiger partial charge in [0, 0.05) is 0 Å². The molecule has 0 spiro atoms. The highest BCUT2D eigenvalue weighted by molar-refractivity contribution is 4.37. The molecule has 3 N–H and O–H groups in total. The zero-order valence-corrected chi connectivity index (χ0v) is 4.48. The van der Waals surface area contributed by atoms with Crippen molar-refractivity contribution < 1.29 is 20.4 Å². The Hall–Kier alpha value is -0.200. The van der Waals surface area contributed by atoms with Crippen molar-refractivity contribution in [1.29, 1.82) is 0 Å². The molecule has 50 valence electrons. The monoisotopic (exact) mass is 123 g/mol. The largest absolute Gasteiger partial charge is 0.394 e. The van der Waals surface area contributed by atoms with Crippen molar-refractivity contribution in [2.45, 2.75) is 13.0 Å². The lowest BCUT2D eigenvalue weighted by atomic mass is 10.5. The van der Waals surface area contributed by atoms with E-state index in [0.717, 1.165) is 0 Å². The average Bonchev–Trinajstić information content (AvgIpc) is 1.65. The first kappa shape index (κ1) is 7.80. The van der Waals surface area contributed by atoms with Gasteiger partial charge in [0.2, 0.25) is 0 Å². The first-order valence-electron chi connectivity index (χ1n) is 2.12. The van der Waals surface area contributed by atoms with Crippen molar-refractivity contribution in [3.63, 3.8) is 0 Å². The summed E-state index contributed by atoms with van der Waals surface area (Å²) >= 11 is 0. The molecule has 0 saturated carbocycles. The molecule has 1 unspecified atom stereocenters.